The van der Waals surface area contributed by atoms with E-state index < -0.39 is 4.92 Å². The number of piperazine rings is 1. The fourth-order valence-corrected chi connectivity index (χ4v) is 2.36. The minimum absolute atomic E-state index is 0.107. The van der Waals surface area contributed by atoms with Crippen molar-refractivity contribution < 1.29 is 9.72 Å². The number of anilines is 1. The normalized spacial score (nSPS) is 17.2. The van der Waals surface area contributed by atoms with Crippen LogP contribution in [-0.2, 0) is 4.79 Å². The van der Waals surface area contributed by atoms with Gasteiger partial charge in [0.25, 0.3) is 5.69 Å². The van der Waals surface area contributed by atoms with E-state index in [2.05, 4.69) is 15.5 Å². The van der Waals surface area contributed by atoms with E-state index in [1.165, 1.54) is 18.2 Å². The molecule has 2 rings (SSSR count). The highest BCUT2D eigenvalue weighted by Gasteiger charge is 2.23. The summed E-state index contributed by atoms with van der Waals surface area (Å²) >= 11 is 5.97. The highest BCUT2D eigenvalue weighted by molar-refractivity contribution is 6.33. The van der Waals surface area contributed by atoms with E-state index in [0.29, 0.717) is 0 Å². The first-order valence-corrected chi connectivity index (χ1v) is 7.06. The maximum Gasteiger partial charge on any atom is 0.271 e. The standard InChI is InChI=1S/C13H17ClN4O3/c1-9(17-6-4-15-5-7-17)13(19)16-12-8-10(18(20)21)2-3-11(12)14/h2-3,8-9,15H,4-7H2,1H3,(H,16,19). The molecule has 1 aromatic carbocycles. The number of nitrogens with zero attached hydrogens (tertiary/aromatic N) is 2. The van der Waals surface area contributed by atoms with Crippen molar-refractivity contribution in [3.63, 3.8) is 0 Å². The van der Waals surface area contributed by atoms with Crippen LogP contribution in [0.4, 0.5) is 11.4 Å². The van der Waals surface area contributed by atoms with E-state index in [0.717, 1.165) is 26.2 Å². The number of hydrogen-bond acceptors (Lipinski definition) is 5. The number of non-ortho nitro benzene ring substituents is 1. The van der Waals surface area contributed by atoms with Crippen molar-refractivity contribution in [1.82, 2.24) is 10.2 Å². The molecule has 8 heteroatoms. The minimum atomic E-state index is -0.522. The van der Waals surface area contributed by atoms with E-state index in [-0.39, 0.29) is 28.3 Å². The quantitative estimate of drug-likeness (QED) is 0.649. The zero-order chi connectivity index (χ0) is 15.4. The first kappa shape index (κ1) is 15.7. The van der Waals surface area contributed by atoms with Crippen molar-refractivity contribution in [1.29, 1.82) is 0 Å². The zero-order valence-electron chi connectivity index (χ0n) is 11.6. The summed E-state index contributed by atoms with van der Waals surface area (Å²) in [6.45, 7) is 5.07. The maximum atomic E-state index is 12.2. The lowest BCUT2D eigenvalue weighted by Crippen LogP contribution is -2.51. The second-order valence-corrected chi connectivity index (χ2v) is 5.28. The Morgan fingerprint density at radius 1 is 1.48 bits per heavy atom. The Labute approximate surface area is 127 Å². The SMILES string of the molecule is CC(C(=O)Nc1cc([N+](=O)[O-])ccc1Cl)N1CCNCC1. The molecule has 1 amide bonds. The zero-order valence-corrected chi connectivity index (χ0v) is 12.4. The van der Waals surface area contributed by atoms with Gasteiger partial charge < -0.3 is 10.6 Å². The van der Waals surface area contributed by atoms with Crippen LogP contribution >= 0.6 is 11.6 Å². The molecule has 1 aliphatic rings. The fourth-order valence-electron chi connectivity index (χ4n) is 2.20. The summed E-state index contributed by atoms with van der Waals surface area (Å²) in [7, 11) is 0. The Hall–Kier alpha value is -1.70. The lowest BCUT2D eigenvalue weighted by molar-refractivity contribution is -0.384. The van der Waals surface area contributed by atoms with Gasteiger partial charge in [-0.2, -0.15) is 0 Å². The second kappa shape index (κ2) is 6.84. The molecule has 1 aliphatic heterocycles. The Morgan fingerprint density at radius 3 is 2.76 bits per heavy atom. The van der Waals surface area contributed by atoms with E-state index in [4.69, 9.17) is 11.6 Å². The number of benzene rings is 1. The number of carbonyl (C=O) groups is 1. The van der Waals surface area contributed by atoms with Gasteiger partial charge in [-0.1, -0.05) is 11.6 Å². The molecule has 0 saturated carbocycles. The summed E-state index contributed by atoms with van der Waals surface area (Å²) in [5.74, 6) is -0.223. The summed E-state index contributed by atoms with van der Waals surface area (Å²) in [5.41, 5.74) is 0.155. The largest absolute Gasteiger partial charge is 0.323 e. The number of amides is 1. The molecule has 7 nitrogen and oxygen atoms in total. The van der Waals surface area contributed by atoms with Gasteiger partial charge in [0.2, 0.25) is 5.91 Å². The van der Waals surface area contributed by atoms with Crippen molar-refractivity contribution in [2.24, 2.45) is 0 Å². The summed E-state index contributed by atoms with van der Waals surface area (Å²) < 4.78 is 0. The van der Waals surface area contributed by atoms with E-state index in [1.54, 1.807) is 0 Å². The number of hydrogen-bond donors (Lipinski definition) is 2. The molecule has 0 bridgehead atoms. The molecule has 0 aromatic heterocycles. The third-order valence-electron chi connectivity index (χ3n) is 3.50. The first-order chi connectivity index (χ1) is 9.99. The van der Waals surface area contributed by atoms with Gasteiger partial charge in [-0.3, -0.25) is 19.8 Å². The molecule has 0 aliphatic carbocycles. The Morgan fingerprint density at radius 2 is 2.14 bits per heavy atom. The van der Waals surface area contributed by atoms with Gasteiger partial charge in [0, 0.05) is 38.3 Å². The predicted molar refractivity (Wildman–Crippen MR) is 80.6 cm³/mol. The van der Waals surface area contributed by atoms with Gasteiger partial charge >= 0.3 is 0 Å². The van der Waals surface area contributed by atoms with Crippen LogP contribution in [0.5, 0.6) is 0 Å². The van der Waals surface area contributed by atoms with Gasteiger partial charge in [-0.15, -0.1) is 0 Å². The molecule has 1 aromatic rings. The minimum Gasteiger partial charge on any atom is -0.323 e. The van der Waals surface area contributed by atoms with Gasteiger partial charge in [0.1, 0.15) is 0 Å². The highest BCUT2D eigenvalue weighted by Crippen LogP contribution is 2.27. The maximum absolute atomic E-state index is 12.2. The number of carbonyl (C=O) groups excluding carboxylic acids is 1. The number of nitro groups is 1. The topological polar surface area (TPSA) is 87.5 Å². The highest BCUT2D eigenvalue weighted by atomic mass is 35.5. The summed E-state index contributed by atoms with van der Waals surface area (Å²) in [6, 6.07) is 3.66. The molecule has 1 unspecified atom stereocenters. The van der Waals surface area contributed by atoms with E-state index in [1.807, 2.05) is 6.92 Å². The Kier molecular flexibility index (Phi) is 5.11. The van der Waals surface area contributed by atoms with Gasteiger partial charge in [-0.05, 0) is 13.0 Å². The molecule has 0 radical (unpaired) electrons. The molecule has 1 fully saturated rings. The average Bonchev–Trinajstić information content (AvgIpc) is 2.49. The van der Waals surface area contributed by atoms with Crippen molar-refractivity contribution in [2.75, 3.05) is 31.5 Å². The molecule has 0 spiro atoms. The van der Waals surface area contributed by atoms with E-state index >= 15 is 0 Å². The van der Waals surface area contributed by atoms with Crippen LogP contribution in [0, 0.1) is 10.1 Å². The summed E-state index contributed by atoms with van der Waals surface area (Å²) in [6.07, 6.45) is 0. The fraction of sp³-hybridized carbons (Fsp3) is 0.462. The summed E-state index contributed by atoms with van der Waals surface area (Å²) in [5, 5.41) is 16.9. The first-order valence-electron chi connectivity index (χ1n) is 6.68. The van der Waals surface area contributed by atoms with Crippen molar-refractivity contribution in [3.8, 4) is 0 Å². The number of halogens is 1. The van der Waals surface area contributed by atoms with Crippen LogP contribution in [0.15, 0.2) is 18.2 Å². The van der Waals surface area contributed by atoms with Gasteiger partial charge in [0.05, 0.1) is 21.7 Å². The van der Waals surface area contributed by atoms with Crippen molar-refractivity contribution in [2.45, 2.75) is 13.0 Å². The van der Waals surface area contributed by atoms with Crippen LogP contribution in [0.25, 0.3) is 0 Å². The van der Waals surface area contributed by atoms with Crippen LogP contribution < -0.4 is 10.6 Å². The van der Waals surface area contributed by atoms with E-state index in [9.17, 15) is 14.9 Å². The smallest absolute Gasteiger partial charge is 0.271 e. The molecule has 1 heterocycles. The molecule has 1 atom stereocenters. The van der Waals surface area contributed by atoms with Gasteiger partial charge in [-0.25, -0.2) is 0 Å². The Balaban J connectivity index is 2.07. The predicted octanol–water partition coefficient (Wildman–Crippen LogP) is 1.48. The molecule has 1 saturated heterocycles. The molecular weight excluding hydrogens is 296 g/mol. The monoisotopic (exact) mass is 312 g/mol. The van der Waals surface area contributed by atoms with Crippen LogP contribution in [0.2, 0.25) is 5.02 Å². The third-order valence-corrected chi connectivity index (χ3v) is 3.83. The number of nitrogens with one attached hydrogen (secondary N) is 2. The molecule has 114 valence electrons. The third kappa shape index (κ3) is 3.90. The average molecular weight is 313 g/mol. The van der Waals surface area contributed by atoms with Crippen LogP contribution in [0.1, 0.15) is 6.92 Å². The molecule has 2 N–H and O–H groups in total. The van der Waals surface area contributed by atoms with Crippen LogP contribution in [0.3, 0.4) is 0 Å². The van der Waals surface area contributed by atoms with Gasteiger partial charge in [0.15, 0.2) is 0 Å². The Bertz CT molecular complexity index is 546. The number of nitro benzene ring substituents is 1. The lowest BCUT2D eigenvalue weighted by atomic mass is 10.2. The van der Waals surface area contributed by atoms with Crippen molar-refractivity contribution in [3.05, 3.63) is 33.3 Å². The lowest BCUT2D eigenvalue weighted by Gasteiger charge is -2.31. The van der Waals surface area contributed by atoms with Crippen LogP contribution in [-0.4, -0.2) is 48.0 Å². The molecular formula is C13H17ClN4O3. The molecule has 21 heavy (non-hydrogen) atoms. The van der Waals surface area contributed by atoms with Crippen molar-refractivity contribution >= 4 is 28.9 Å². The number of rotatable bonds is 4. The second-order valence-electron chi connectivity index (χ2n) is 4.87. The summed E-state index contributed by atoms with van der Waals surface area (Å²) in [4.78, 5) is 24.5.